The second-order valence-corrected chi connectivity index (χ2v) is 7.09. The fourth-order valence-electron chi connectivity index (χ4n) is 3.44. The average Bonchev–Trinajstić information content (AvgIpc) is 3.48. The van der Waals surface area contributed by atoms with Crippen LogP contribution in [-0.4, -0.2) is 45.3 Å². The van der Waals surface area contributed by atoms with Crippen LogP contribution in [0, 0.1) is 0 Å². The molecule has 3 aromatic rings. The lowest BCUT2D eigenvalue weighted by Gasteiger charge is -2.17. The summed E-state index contributed by atoms with van der Waals surface area (Å²) in [5, 5.41) is 7.58. The van der Waals surface area contributed by atoms with Gasteiger partial charge in [0, 0.05) is 31.7 Å². The second-order valence-electron chi connectivity index (χ2n) is 7.09. The minimum atomic E-state index is 0.0673. The molecule has 2 heterocycles. The Balaban J connectivity index is 1.29. The van der Waals surface area contributed by atoms with Gasteiger partial charge in [0.05, 0.1) is 5.69 Å². The summed E-state index contributed by atoms with van der Waals surface area (Å²) in [7, 11) is 0. The van der Waals surface area contributed by atoms with Crippen LogP contribution in [-0.2, 0) is 17.9 Å². The molecule has 1 aliphatic heterocycles. The number of para-hydroxylation sites is 1. The number of likely N-dealkylation sites (tertiary alicyclic amines) is 1. The zero-order valence-electron chi connectivity index (χ0n) is 16.3. The normalized spacial score (nSPS) is 13.6. The molecule has 1 aromatic heterocycles. The van der Waals surface area contributed by atoms with Gasteiger partial charge in [-0.1, -0.05) is 30.3 Å². The van der Waals surface area contributed by atoms with E-state index in [9.17, 15) is 4.79 Å². The number of ether oxygens (including phenoxy) is 1. The third-order valence-corrected chi connectivity index (χ3v) is 5.05. The molecule has 0 spiro atoms. The molecule has 0 unspecified atom stereocenters. The molecule has 0 bridgehead atoms. The highest BCUT2D eigenvalue weighted by Gasteiger charge is 2.18. The second kappa shape index (κ2) is 9.34. The fourth-order valence-corrected chi connectivity index (χ4v) is 3.44. The van der Waals surface area contributed by atoms with Crippen molar-refractivity contribution in [2.75, 3.05) is 19.7 Å². The summed E-state index contributed by atoms with van der Waals surface area (Å²) in [5.74, 6) is 0.826. The van der Waals surface area contributed by atoms with Crippen LogP contribution in [0.15, 0.2) is 61.2 Å². The Morgan fingerprint density at radius 2 is 1.83 bits per heavy atom. The van der Waals surface area contributed by atoms with Crippen LogP contribution in [0.2, 0.25) is 0 Å². The lowest BCUT2D eigenvalue weighted by molar-refractivity contribution is -0.132. The number of benzene rings is 2. The number of carbonyl (C=O) groups is 1. The Kier molecular flexibility index (Phi) is 6.16. The van der Waals surface area contributed by atoms with Crippen molar-refractivity contribution < 1.29 is 9.53 Å². The van der Waals surface area contributed by atoms with E-state index < -0.39 is 0 Å². The molecule has 2 aromatic carbocycles. The Labute approximate surface area is 170 Å². The van der Waals surface area contributed by atoms with Gasteiger partial charge in [-0.15, -0.1) is 0 Å². The summed E-state index contributed by atoms with van der Waals surface area (Å²) in [5.41, 5.74) is 3.20. The van der Waals surface area contributed by atoms with Crippen molar-refractivity contribution >= 4 is 5.91 Å². The van der Waals surface area contributed by atoms with Crippen LogP contribution in [0.3, 0.4) is 0 Å². The minimum absolute atomic E-state index is 0.0673. The molecule has 0 aliphatic carbocycles. The van der Waals surface area contributed by atoms with Crippen LogP contribution in [0.1, 0.15) is 24.0 Å². The van der Waals surface area contributed by atoms with Crippen molar-refractivity contribution in [3.8, 4) is 11.4 Å². The molecule has 0 saturated carbocycles. The molecule has 29 heavy (non-hydrogen) atoms. The number of nitrogens with zero attached hydrogens (tertiary/aromatic N) is 4. The average molecular weight is 391 g/mol. The van der Waals surface area contributed by atoms with Gasteiger partial charge < -0.3 is 15.0 Å². The highest BCUT2D eigenvalue weighted by molar-refractivity contribution is 5.78. The van der Waals surface area contributed by atoms with E-state index in [1.54, 1.807) is 11.0 Å². The fraction of sp³-hybridized carbons (Fsp3) is 0.318. The van der Waals surface area contributed by atoms with Gasteiger partial charge in [-0.2, -0.15) is 5.10 Å². The van der Waals surface area contributed by atoms with Crippen LogP contribution in [0.4, 0.5) is 0 Å². The quantitative estimate of drug-likeness (QED) is 0.639. The molecule has 0 atom stereocenters. The van der Waals surface area contributed by atoms with Gasteiger partial charge in [0.2, 0.25) is 0 Å². The van der Waals surface area contributed by atoms with E-state index in [1.807, 2.05) is 41.3 Å². The SMILES string of the molecule is O=C(COc1ccccc1CNCc1ccc(-n2cncn2)cc1)N1CCCC1. The van der Waals surface area contributed by atoms with Crippen LogP contribution in [0.25, 0.3) is 5.69 Å². The maximum Gasteiger partial charge on any atom is 0.260 e. The topological polar surface area (TPSA) is 72.3 Å². The van der Waals surface area contributed by atoms with E-state index in [1.165, 1.54) is 11.9 Å². The van der Waals surface area contributed by atoms with Crippen molar-refractivity contribution in [3.63, 3.8) is 0 Å². The number of nitrogens with one attached hydrogen (secondary N) is 1. The molecular formula is C22H25N5O2. The van der Waals surface area contributed by atoms with Crippen molar-refractivity contribution in [1.82, 2.24) is 25.0 Å². The highest BCUT2D eigenvalue weighted by Crippen LogP contribution is 2.18. The molecule has 1 N–H and O–H groups in total. The first-order valence-electron chi connectivity index (χ1n) is 9.93. The van der Waals surface area contributed by atoms with Crippen molar-refractivity contribution in [2.24, 2.45) is 0 Å². The smallest absolute Gasteiger partial charge is 0.260 e. The summed E-state index contributed by atoms with van der Waals surface area (Å²) >= 11 is 0. The number of aromatic nitrogens is 3. The molecule has 1 aliphatic rings. The first-order valence-corrected chi connectivity index (χ1v) is 9.93. The van der Waals surface area contributed by atoms with Gasteiger partial charge in [-0.25, -0.2) is 9.67 Å². The zero-order valence-corrected chi connectivity index (χ0v) is 16.3. The summed E-state index contributed by atoms with van der Waals surface area (Å²) in [6, 6.07) is 16.0. The van der Waals surface area contributed by atoms with E-state index in [0.29, 0.717) is 6.54 Å². The lowest BCUT2D eigenvalue weighted by atomic mass is 10.1. The first kappa shape index (κ1) is 19.1. The Morgan fingerprint density at radius 3 is 2.59 bits per heavy atom. The molecule has 4 rings (SSSR count). The molecular weight excluding hydrogens is 366 g/mol. The number of amides is 1. The van der Waals surface area contributed by atoms with Gasteiger partial charge >= 0.3 is 0 Å². The zero-order chi connectivity index (χ0) is 19.9. The van der Waals surface area contributed by atoms with Crippen LogP contribution >= 0.6 is 0 Å². The van der Waals surface area contributed by atoms with E-state index in [4.69, 9.17) is 4.74 Å². The minimum Gasteiger partial charge on any atom is -0.483 e. The molecule has 150 valence electrons. The predicted octanol–water partition coefficient (Wildman–Crippen LogP) is 2.56. The third-order valence-electron chi connectivity index (χ3n) is 5.05. The molecule has 7 heteroatoms. The number of rotatable bonds is 8. The van der Waals surface area contributed by atoms with Gasteiger partial charge in [0.1, 0.15) is 18.4 Å². The van der Waals surface area contributed by atoms with Gasteiger partial charge in [-0.3, -0.25) is 4.79 Å². The Hall–Kier alpha value is -3.19. The van der Waals surface area contributed by atoms with Gasteiger partial charge in [0.15, 0.2) is 6.61 Å². The van der Waals surface area contributed by atoms with Crippen molar-refractivity contribution in [2.45, 2.75) is 25.9 Å². The Morgan fingerprint density at radius 1 is 1.03 bits per heavy atom. The summed E-state index contributed by atoms with van der Waals surface area (Å²) in [6.07, 6.45) is 5.38. The van der Waals surface area contributed by atoms with Crippen molar-refractivity contribution in [1.29, 1.82) is 0 Å². The molecule has 1 saturated heterocycles. The van der Waals surface area contributed by atoms with Crippen molar-refractivity contribution in [3.05, 3.63) is 72.3 Å². The largest absolute Gasteiger partial charge is 0.483 e. The van der Waals surface area contributed by atoms with Crippen LogP contribution in [0.5, 0.6) is 5.75 Å². The number of hydrogen-bond donors (Lipinski definition) is 1. The third kappa shape index (κ3) is 5.00. The highest BCUT2D eigenvalue weighted by atomic mass is 16.5. The number of hydrogen-bond acceptors (Lipinski definition) is 5. The first-order chi connectivity index (χ1) is 14.3. The molecule has 1 fully saturated rings. The van der Waals surface area contributed by atoms with Gasteiger partial charge in [0.25, 0.3) is 5.91 Å². The van der Waals surface area contributed by atoms with E-state index >= 15 is 0 Å². The van der Waals surface area contributed by atoms with Gasteiger partial charge in [-0.05, 0) is 36.6 Å². The maximum absolute atomic E-state index is 12.2. The van der Waals surface area contributed by atoms with E-state index in [2.05, 4.69) is 27.5 Å². The summed E-state index contributed by atoms with van der Waals surface area (Å²) in [4.78, 5) is 18.1. The standard InChI is InChI=1S/C22H25N5O2/c28-22(26-11-3-4-12-26)15-29-21-6-2-1-5-19(21)14-23-13-18-7-9-20(10-8-18)27-17-24-16-25-27/h1-2,5-10,16-17,23H,3-4,11-15H2. The Bertz CT molecular complexity index is 919. The predicted molar refractivity (Wildman–Crippen MR) is 110 cm³/mol. The summed E-state index contributed by atoms with van der Waals surface area (Å²) in [6.45, 7) is 3.19. The van der Waals surface area contributed by atoms with E-state index in [-0.39, 0.29) is 12.5 Å². The lowest BCUT2D eigenvalue weighted by Crippen LogP contribution is -2.32. The molecule has 1 amide bonds. The monoisotopic (exact) mass is 391 g/mol. The summed E-state index contributed by atoms with van der Waals surface area (Å²) < 4.78 is 7.55. The van der Waals surface area contributed by atoms with E-state index in [0.717, 1.165) is 49.5 Å². The number of carbonyl (C=O) groups excluding carboxylic acids is 1. The van der Waals surface area contributed by atoms with Crippen LogP contribution < -0.4 is 10.1 Å². The molecule has 0 radical (unpaired) electrons. The maximum atomic E-state index is 12.2. The molecule has 7 nitrogen and oxygen atoms in total.